The second-order valence-electron chi connectivity index (χ2n) is 8.05. The molecule has 2 fully saturated rings. The number of hydrogen-bond acceptors (Lipinski definition) is 5. The van der Waals surface area contributed by atoms with Crippen molar-refractivity contribution in [3.63, 3.8) is 0 Å². The molecule has 1 spiro atoms. The van der Waals surface area contributed by atoms with Crippen LogP contribution >= 0.6 is 35.0 Å². The number of fused-ring (bicyclic) bond motifs is 1. The maximum absolute atomic E-state index is 6.45. The molecule has 5 rings (SSSR count). The number of benzene rings is 1. The predicted molar refractivity (Wildman–Crippen MR) is 119 cm³/mol. The highest BCUT2D eigenvalue weighted by Crippen LogP contribution is 2.46. The van der Waals surface area contributed by atoms with Crippen LogP contribution in [0.15, 0.2) is 46.5 Å². The van der Waals surface area contributed by atoms with Crippen molar-refractivity contribution in [1.29, 1.82) is 0 Å². The standard InChI is InChI=1S/C21H23Cl2N5S/c22-14-3-1-4-15(19(14)23)29-16-6-7-18(28-20(16)25-13-26-28)27-11-9-21(10-12-27)8-2-5-17(21)24/h1,3-4,6-7,13,17H,2,5,8-12,24H2. The molecular weight excluding hydrogens is 425 g/mol. The Balaban J connectivity index is 1.42. The third-order valence-electron chi connectivity index (χ3n) is 6.56. The van der Waals surface area contributed by atoms with E-state index in [0.717, 1.165) is 47.2 Å². The number of nitrogens with zero attached hydrogens (tertiary/aromatic N) is 4. The van der Waals surface area contributed by atoms with E-state index >= 15 is 0 Å². The van der Waals surface area contributed by atoms with Gasteiger partial charge in [0.1, 0.15) is 12.1 Å². The number of hydrogen-bond donors (Lipinski definition) is 1. The van der Waals surface area contributed by atoms with Crippen LogP contribution in [0.5, 0.6) is 0 Å². The molecule has 3 heterocycles. The fraction of sp³-hybridized carbons (Fsp3) is 0.429. The maximum Gasteiger partial charge on any atom is 0.171 e. The zero-order valence-electron chi connectivity index (χ0n) is 16.0. The normalized spacial score (nSPS) is 21.3. The van der Waals surface area contributed by atoms with Crippen LogP contribution < -0.4 is 10.6 Å². The van der Waals surface area contributed by atoms with Crippen molar-refractivity contribution >= 4 is 46.4 Å². The van der Waals surface area contributed by atoms with Gasteiger partial charge in [-0.2, -0.15) is 9.61 Å². The van der Waals surface area contributed by atoms with Gasteiger partial charge < -0.3 is 10.6 Å². The Kier molecular flexibility index (Phi) is 5.14. The number of piperidine rings is 1. The quantitative estimate of drug-likeness (QED) is 0.591. The van der Waals surface area contributed by atoms with Gasteiger partial charge in [0.05, 0.1) is 14.9 Å². The molecule has 1 unspecified atom stereocenters. The first-order valence-electron chi connectivity index (χ1n) is 10.0. The molecular formula is C21H23Cl2N5S. The number of pyridine rings is 1. The largest absolute Gasteiger partial charge is 0.356 e. The molecule has 2 N–H and O–H groups in total. The first kappa shape index (κ1) is 19.5. The van der Waals surface area contributed by atoms with Crippen LogP contribution in [-0.2, 0) is 0 Å². The molecule has 1 saturated carbocycles. The smallest absolute Gasteiger partial charge is 0.171 e. The topological polar surface area (TPSA) is 59.5 Å². The highest BCUT2D eigenvalue weighted by molar-refractivity contribution is 7.99. The number of halogens is 2. The molecule has 1 atom stereocenters. The van der Waals surface area contributed by atoms with Gasteiger partial charge in [0.15, 0.2) is 5.65 Å². The molecule has 0 radical (unpaired) electrons. The summed E-state index contributed by atoms with van der Waals surface area (Å²) in [5.74, 6) is 1.08. The molecule has 0 bridgehead atoms. The van der Waals surface area contributed by atoms with Crippen molar-refractivity contribution in [3.05, 3.63) is 46.7 Å². The van der Waals surface area contributed by atoms with Crippen molar-refractivity contribution in [2.75, 3.05) is 18.0 Å². The molecule has 1 aromatic carbocycles. The Labute approximate surface area is 184 Å². The third-order valence-corrected chi connectivity index (χ3v) is 8.59. The Morgan fingerprint density at radius 3 is 2.66 bits per heavy atom. The Bertz CT molecular complexity index is 1040. The summed E-state index contributed by atoms with van der Waals surface area (Å²) in [6, 6.07) is 10.3. The van der Waals surface area contributed by atoms with Crippen LogP contribution in [-0.4, -0.2) is 33.7 Å². The molecule has 29 heavy (non-hydrogen) atoms. The molecule has 0 amide bonds. The Hall–Kier alpha value is -1.47. The van der Waals surface area contributed by atoms with Crippen LogP contribution in [0, 0.1) is 5.41 Å². The summed E-state index contributed by atoms with van der Waals surface area (Å²) >= 11 is 14.1. The summed E-state index contributed by atoms with van der Waals surface area (Å²) in [5, 5.41) is 5.63. The lowest BCUT2D eigenvalue weighted by Crippen LogP contribution is -2.47. The van der Waals surface area contributed by atoms with E-state index in [2.05, 4.69) is 27.1 Å². The van der Waals surface area contributed by atoms with E-state index in [-0.39, 0.29) is 0 Å². The first-order chi connectivity index (χ1) is 14.1. The zero-order valence-corrected chi connectivity index (χ0v) is 18.3. The first-order valence-corrected chi connectivity index (χ1v) is 11.6. The number of nitrogens with two attached hydrogens (primary N) is 1. The van der Waals surface area contributed by atoms with Crippen molar-refractivity contribution < 1.29 is 0 Å². The average molecular weight is 448 g/mol. The van der Waals surface area contributed by atoms with Gasteiger partial charge in [0.25, 0.3) is 0 Å². The summed E-state index contributed by atoms with van der Waals surface area (Å²) in [6.45, 7) is 2.02. The lowest BCUT2D eigenvalue weighted by atomic mass is 9.74. The predicted octanol–water partition coefficient (Wildman–Crippen LogP) is 5.29. The fourth-order valence-corrected chi connectivity index (χ4v) is 6.26. The number of anilines is 1. The molecule has 1 aliphatic heterocycles. The van der Waals surface area contributed by atoms with Gasteiger partial charge in [-0.25, -0.2) is 4.98 Å². The minimum Gasteiger partial charge on any atom is -0.356 e. The van der Waals surface area contributed by atoms with E-state index in [0.29, 0.717) is 21.5 Å². The van der Waals surface area contributed by atoms with E-state index in [4.69, 9.17) is 28.9 Å². The van der Waals surface area contributed by atoms with Gasteiger partial charge in [-0.05, 0) is 55.4 Å². The summed E-state index contributed by atoms with van der Waals surface area (Å²) in [6.07, 6.45) is 7.63. The summed E-state index contributed by atoms with van der Waals surface area (Å²) in [7, 11) is 0. The van der Waals surface area contributed by atoms with Gasteiger partial charge in [-0.15, -0.1) is 0 Å². The summed E-state index contributed by atoms with van der Waals surface area (Å²) < 4.78 is 1.94. The van der Waals surface area contributed by atoms with Crippen LogP contribution in [0.3, 0.4) is 0 Å². The van der Waals surface area contributed by atoms with Crippen molar-refractivity contribution in [3.8, 4) is 0 Å². The van der Waals surface area contributed by atoms with Crippen LogP contribution in [0.2, 0.25) is 10.0 Å². The molecule has 2 aromatic heterocycles. The number of aromatic nitrogens is 3. The minimum absolute atomic E-state index is 0.344. The van der Waals surface area contributed by atoms with Crippen LogP contribution in [0.25, 0.3) is 5.65 Å². The van der Waals surface area contributed by atoms with Gasteiger partial charge in [0.2, 0.25) is 0 Å². The molecule has 3 aromatic rings. The summed E-state index contributed by atoms with van der Waals surface area (Å²) in [4.78, 5) is 8.84. The highest BCUT2D eigenvalue weighted by Gasteiger charge is 2.43. The average Bonchev–Trinajstić information content (AvgIpc) is 3.35. The molecule has 1 saturated heterocycles. The van der Waals surface area contributed by atoms with Crippen molar-refractivity contribution in [2.24, 2.45) is 11.1 Å². The second-order valence-corrected chi connectivity index (χ2v) is 9.92. The highest BCUT2D eigenvalue weighted by atomic mass is 35.5. The lowest BCUT2D eigenvalue weighted by Gasteiger charge is -2.42. The van der Waals surface area contributed by atoms with Gasteiger partial charge in [-0.3, -0.25) is 0 Å². The van der Waals surface area contributed by atoms with Gasteiger partial charge in [-0.1, -0.05) is 47.5 Å². The van der Waals surface area contributed by atoms with E-state index < -0.39 is 0 Å². The van der Waals surface area contributed by atoms with E-state index in [1.165, 1.54) is 19.3 Å². The molecule has 2 aliphatic rings. The molecule has 8 heteroatoms. The molecule has 152 valence electrons. The Morgan fingerprint density at radius 2 is 1.90 bits per heavy atom. The van der Waals surface area contributed by atoms with Gasteiger partial charge in [0, 0.05) is 24.0 Å². The zero-order chi connectivity index (χ0) is 20.0. The van der Waals surface area contributed by atoms with E-state index in [1.54, 1.807) is 24.2 Å². The maximum atomic E-state index is 6.45. The number of rotatable bonds is 3. The fourth-order valence-electron chi connectivity index (χ4n) is 4.84. The monoisotopic (exact) mass is 447 g/mol. The molecule has 5 nitrogen and oxygen atoms in total. The van der Waals surface area contributed by atoms with Crippen molar-refractivity contribution in [1.82, 2.24) is 14.6 Å². The molecule has 1 aliphatic carbocycles. The third kappa shape index (κ3) is 3.40. The van der Waals surface area contributed by atoms with Gasteiger partial charge >= 0.3 is 0 Å². The van der Waals surface area contributed by atoms with Crippen molar-refractivity contribution in [2.45, 2.75) is 47.9 Å². The van der Waals surface area contributed by atoms with Crippen LogP contribution in [0.1, 0.15) is 32.1 Å². The van der Waals surface area contributed by atoms with E-state index in [1.807, 2.05) is 16.6 Å². The SMILES string of the molecule is NC1CCCC12CCN(c1ccc(Sc3cccc(Cl)c3Cl)c3ncnn13)CC2. The minimum atomic E-state index is 0.344. The Morgan fingerprint density at radius 1 is 1.07 bits per heavy atom. The lowest BCUT2D eigenvalue weighted by molar-refractivity contribution is 0.197. The van der Waals surface area contributed by atoms with Crippen LogP contribution in [0.4, 0.5) is 5.82 Å². The second kappa shape index (κ2) is 7.65. The van der Waals surface area contributed by atoms with E-state index in [9.17, 15) is 0 Å². The summed E-state index contributed by atoms with van der Waals surface area (Å²) in [5.41, 5.74) is 7.63.